The Hall–Kier alpha value is -0.640. The molecule has 19 heavy (non-hydrogen) atoms. The van der Waals surface area contributed by atoms with Crippen LogP contribution in [0, 0.1) is 11.2 Å². The Morgan fingerprint density at radius 3 is 2.95 bits per heavy atom. The third-order valence-electron chi connectivity index (χ3n) is 4.13. The minimum atomic E-state index is -0.276. The summed E-state index contributed by atoms with van der Waals surface area (Å²) in [6.07, 6.45) is 4.21. The van der Waals surface area contributed by atoms with E-state index >= 15 is 0 Å². The van der Waals surface area contributed by atoms with E-state index in [9.17, 15) is 4.39 Å². The highest BCUT2D eigenvalue weighted by Gasteiger charge is 2.37. The van der Waals surface area contributed by atoms with Gasteiger partial charge in [-0.15, -0.1) is 0 Å². The molecule has 1 aromatic carbocycles. The number of nitrogens with one attached hydrogen (secondary N) is 1. The fourth-order valence-corrected chi connectivity index (χ4v) is 2.92. The first-order chi connectivity index (χ1) is 9.19. The lowest BCUT2D eigenvalue weighted by Crippen LogP contribution is -2.38. The summed E-state index contributed by atoms with van der Waals surface area (Å²) in [5.74, 6) is -0.276. The smallest absolute Gasteiger partial charge is 0.144 e. The van der Waals surface area contributed by atoms with Gasteiger partial charge in [0.1, 0.15) is 5.82 Å². The van der Waals surface area contributed by atoms with Crippen LogP contribution in [-0.4, -0.2) is 25.8 Å². The molecule has 1 aliphatic carbocycles. The van der Waals surface area contributed by atoms with E-state index < -0.39 is 0 Å². The second-order valence-corrected chi connectivity index (χ2v) is 6.25. The third kappa shape index (κ3) is 3.10. The predicted molar refractivity (Wildman–Crippen MR) is 74.0 cm³/mol. The molecular weight excluding hydrogens is 265 g/mol. The van der Waals surface area contributed by atoms with E-state index in [1.807, 2.05) is 12.1 Å². The fraction of sp³-hybridized carbons (Fsp3) is 0.600. The summed E-state index contributed by atoms with van der Waals surface area (Å²) in [5, 5.41) is 3.77. The number of benzene rings is 1. The molecule has 1 aromatic rings. The van der Waals surface area contributed by atoms with Gasteiger partial charge in [-0.25, -0.2) is 4.39 Å². The molecule has 1 aliphatic heterocycles. The van der Waals surface area contributed by atoms with Gasteiger partial charge in [0.25, 0.3) is 0 Å². The molecule has 2 fully saturated rings. The van der Waals surface area contributed by atoms with Crippen molar-refractivity contribution in [1.29, 1.82) is 0 Å². The van der Waals surface area contributed by atoms with Crippen LogP contribution >= 0.6 is 11.6 Å². The molecule has 4 heteroatoms. The maximum absolute atomic E-state index is 14.0. The highest BCUT2D eigenvalue weighted by atomic mass is 35.5. The zero-order valence-corrected chi connectivity index (χ0v) is 11.7. The van der Waals surface area contributed by atoms with Crippen molar-refractivity contribution in [1.82, 2.24) is 5.32 Å². The molecule has 1 atom stereocenters. The number of hydrogen-bond acceptors (Lipinski definition) is 2. The zero-order valence-electron chi connectivity index (χ0n) is 10.9. The normalized spacial score (nSPS) is 26.8. The van der Waals surface area contributed by atoms with Crippen molar-refractivity contribution < 1.29 is 9.13 Å². The molecule has 0 aromatic heterocycles. The molecule has 0 spiro atoms. The summed E-state index contributed by atoms with van der Waals surface area (Å²) < 4.78 is 19.6. The van der Waals surface area contributed by atoms with E-state index in [4.69, 9.17) is 16.3 Å². The summed E-state index contributed by atoms with van der Waals surface area (Å²) in [5.41, 5.74) is 0.726. The number of ether oxygens (including phenoxy) is 1. The second-order valence-electron chi connectivity index (χ2n) is 5.85. The minimum Gasteiger partial charge on any atom is -0.381 e. The van der Waals surface area contributed by atoms with Crippen LogP contribution in [0.5, 0.6) is 0 Å². The Balaban J connectivity index is 1.74. The third-order valence-corrected chi connectivity index (χ3v) is 4.42. The van der Waals surface area contributed by atoms with E-state index in [0.717, 1.165) is 19.6 Å². The quantitative estimate of drug-likeness (QED) is 0.896. The summed E-state index contributed by atoms with van der Waals surface area (Å²) >= 11 is 5.86. The van der Waals surface area contributed by atoms with Crippen molar-refractivity contribution >= 4 is 11.6 Å². The second kappa shape index (κ2) is 5.39. The van der Waals surface area contributed by atoms with Crippen LogP contribution < -0.4 is 5.32 Å². The van der Waals surface area contributed by atoms with Gasteiger partial charge in [0.15, 0.2) is 0 Å². The Kier molecular flexibility index (Phi) is 3.79. The Bertz CT molecular complexity index is 455. The lowest BCUT2D eigenvalue weighted by atomic mass is 9.80. The van der Waals surface area contributed by atoms with Gasteiger partial charge in [0.05, 0.1) is 11.6 Å². The molecule has 1 heterocycles. The van der Waals surface area contributed by atoms with E-state index in [2.05, 4.69) is 5.32 Å². The average Bonchev–Trinajstić information content (AvgIpc) is 3.13. The Labute approximate surface area is 118 Å². The molecule has 0 amide bonds. The van der Waals surface area contributed by atoms with Crippen LogP contribution in [0.3, 0.4) is 0 Å². The van der Waals surface area contributed by atoms with Gasteiger partial charge in [-0.1, -0.05) is 23.7 Å². The SMILES string of the molecule is Fc1c(Cl)cccc1CC1(CNC2CC2)CCOC1. The van der Waals surface area contributed by atoms with Crippen molar-refractivity contribution in [3.05, 3.63) is 34.6 Å². The van der Waals surface area contributed by atoms with Crippen molar-refractivity contribution in [3.63, 3.8) is 0 Å². The Morgan fingerprint density at radius 2 is 2.26 bits per heavy atom. The first-order valence-corrected chi connectivity index (χ1v) is 7.30. The lowest BCUT2D eigenvalue weighted by Gasteiger charge is -2.28. The molecule has 1 saturated heterocycles. The topological polar surface area (TPSA) is 21.3 Å². The summed E-state index contributed by atoms with van der Waals surface area (Å²) in [6.45, 7) is 2.39. The largest absolute Gasteiger partial charge is 0.381 e. The first-order valence-electron chi connectivity index (χ1n) is 6.93. The summed E-state index contributed by atoms with van der Waals surface area (Å²) in [7, 11) is 0. The van der Waals surface area contributed by atoms with Crippen LogP contribution in [0.25, 0.3) is 0 Å². The number of hydrogen-bond donors (Lipinski definition) is 1. The zero-order chi connectivity index (χ0) is 13.3. The Morgan fingerprint density at radius 1 is 1.42 bits per heavy atom. The van der Waals surface area contributed by atoms with Gasteiger partial charge in [-0.2, -0.15) is 0 Å². The predicted octanol–water partition coefficient (Wildman–Crippen LogP) is 3.18. The molecule has 1 unspecified atom stereocenters. The molecule has 2 nitrogen and oxygen atoms in total. The molecule has 0 bridgehead atoms. The fourth-order valence-electron chi connectivity index (χ4n) is 2.73. The molecule has 104 valence electrons. The van der Waals surface area contributed by atoms with Gasteiger partial charge >= 0.3 is 0 Å². The van der Waals surface area contributed by atoms with Crippen LogP contribution in [0.4, 0.5) is 4.39 Å². The molecule has 3 rings (SSSR count). The van der Waals surface area contributed by atoms with E-state index in [1.54, 1.807) is 6.07 Å². The highest BCUT2D eigenvalue weighted by Crippen LogP contribution is 2.35. The van der Waals surface area contributed by atoms with Crippen molar-refractivity contribution in [3.8, 4) is 0 Å². The average molecular weight is 284 g/mol. The molecule has 1 N–H and O–H groups in total. The van der Waals surface area contributed by atoms with Crippen LogP contribution in [-0.2, 0) is 11.2 Å². The van der Waals surface area contributed by atoms with E-state index in [1.165, 1.54) is 12.8 Å². The molecule has 1 saturated carbocycles. The summed E-state index contributed by atoms with van der Waals surface area (Å²) in [6, 6.07) is 5.92. The molecule has 0 radical (unpaired) electrons. The minimum absolute atomic E-state index is 0.0219. The van der Waals surface area contributed by atoms with E-state index in [-0.39, 0.29) is 16.3 Å². The van der Waals surface area contributed by atoms with Crippen LogP contribution in [0.1, 0.15) is 24.8 Å². The van der Waals surface area contributed by atoms with Crippen LogP contribution in [0.2, 0.25) is 5.02 Å². The van der Waals surface area contributed by atoms with Gasteiger partial charge in [0, 0.05) is 24.6 Å². The van der Waals surface area contributed by atoms with Gasteiger partial charge in [0.2, 0.25) is 0 Å². The van der Waals surface area contributed by atoms with Gasteiger partial charge < -0.3 is 10.1 Å². The standard InChI is InChI=1S/C15H19ClFNO/c16-13-3-1-2-11(14(13)17)8-15(6-7-19-10-15)9-18-12-4-5-12/h1-3,12,18H,4-10H2. The van der Waals surface area contributed by atoms with Crippen LogP contribution in [0.15, 0.2) is 18.2 Å². The van der Waals surface area contributed by atoms with Crippen molar-refractivity contribution in [2.45, 2.75) is 31.7 Å². The van der Waals surface area contributed by atoms with Gasteiger partial charge in [-0.05, 0) is 37.3 Å². The highest BCUT2D eigenvalue weighted by molar-refractivity contribution is 6.30. The number of rotatable bonds is 5. The van der Waals surface area contributed by atoms with Crippen molar-refractivity contribution in [2.75, 3.05) is 19.8 Å². The van der Waals surface area contributed by atoms with E-state index in [0.29, 0.717) is 24.6 Å². The number of halogens is 2. The maximum Gasteiger partial charge on any atom is 0.144 e. The van der Waals surface area contributed by atoms with Gasteiger partial charge in [-0.3, -0.25) is 0 Å². The molecule has 2 aliphatic rings. The lowest BCUT2D eigenvalue weighted by molar-refractivity contribution is 0.148. The first kappa shape index (κ1) is 13.3. The maximum atomic E-state index is 14.0. The summed E-state index contributed by atoms with van der Waals surface area (Å²) in [4.78, 5) is 0. The molecular formula is C15H19ClFNO. The van der Waals surface area contributed by atoms with Crippen molar-refractivity contribution in [2.24, 2.45) is 5.41 Å². The monoisotopic (exact) mass is 283 g/mol.